The summed E-state index contributed by atoms with van der Waals surface area (Å²) < 4.78 is 32.8. The molecule has 3 aromatic rings. The third-order valence-corrected chi connectivity index (χ3v) is 8.50. The lowest BCUT2D eigenvalue weighted by molar-refractivity contribution is -0.137. The van der Waals surface area contributed by atoms with Gasteiger partial charge in [-0.15, -0.1) is 0 Å². The number of amides is 1. The first kappa shape index (κ1) is 22.1. The van der Waals surface area contributed by atoms with Crippen molar-refractivity contribution < 1.29 is 17.8 Å². The van der Waals surface area contributed by atoms with E-state index in [1.54, 1.807) is 12.1 Å². The van der Waals surface area contributed by atoms with E-state index < -0.39 is 10.0 Å². The third kappa shape index (κ3) is 4.30. The van der Waals surface area contributed by atoms with Gasteiger partial charge in [-0.3, -0.25) is 4.79 Å². The molecule has 174 valence electrons. The van der Waals surface area contributed by atoms with Gasteiger partial charge in [-0.25, -0.2) is 13.0 Å². The van der Waals surface area contributed by atoms with Crippen LogP contribution in [0.2, 0.25) is 5.02 Å². The molecular formula is C22H24ClN5O4S. The normalized spacial score (nSPS) is 20.3. The molecule has 0 aliphatic carbocycles. The average Bonchev–Trinajstić information content (AvgIpc) is 3.33. The van der Waals surface area contributed by atoms with E-state index in [4.69, 9.17) is 16.2 Å². The fourth-order valence-corrected chi connectivity index (χ4v) is 6.45. The number of halogens is 1. The molecule has 11 heteroatoms. The summed E-state index contributed by atoms with van der Waals surface area (Å²) in [6.07, 6.45) is 1.31. The Morgan fingerprint density at radius 1 is 1.03 bits per heavy atom. The summed E-state index contributed by atoms with van der Waals surface area (Å²) in [5, 5.41) is 8.19. The molecule has 0 unspecified atom stereocenters. The monoisotopic (exact) mass is 489 g/mol. The minimum atomic E-state index is -3.83. The Kier molecular flexibility index (Phi) is 5.98. The lowest BCUT2D eigenvalue weighted by Gasteiger charge is -2.39. The van der Waals surface area contributed by atoms with Crippen LogP contribution < -0.4 is 4.90 Å². The number of hydrogen-bond acceptors (Lipinski definition) is 7. The largest absolute Gasteiger partial charge is 0.368 e. The van der Waals surface area contributed by atoms with Gasteiger partial charge in [-0.05, 0) is 53.5 Å². The van der Waals surface area contributed by atoms with Crippen LogP contribution in [0.15, 0.2) is 52.0 Å². The lowest BCUT2D eigenvalue weighted by atomic mass is 9.97. The van der Waals surface area contributed by atoms with Crippen molar-refractivity contribution in [3.63, 3.8) is 0 Å². The van der Waals surface area contributed by atoms with Gasteiger partial charge >= 0.3 is 0 Å². The van der Waals surface area contributed by atoms with Crippen molar-refractivity contribution in [3.05, 3.63) is 47.5 Å². The summed E-state index contributed by atoms with van der Waals surface area (Å²) in [6, 6.07) is 12.5. The number of aromatic nitrogens is 2. The first-order valence-electron chi connectivity index (χ1n) is 10.9. The first-order chi connectivity index (χ1) is 15.9. The number of fused-ring (bicyclic) bond motifs is 1. The van der Waals surface area contributed by atoms with Crippen molar-refractivity contribution in [1.29, 1.82) is 0 Å². The van der Waals surface area contributed by atoms with Crippen molar-refractivity contribution in [2.75, 3.05) is 44.2 Å². The highest BCUT2D eigenvalue weighted by atomic mass is 35.5. The molecule has 2 saturated heterocycles. The van der Waals surface area contributed by atoms with Crippen LogP contribution >= 0.6 is 11.6 Å². The SMILES string of the molecule is O=C([C@@H]1CCCN(S(=O)(=O)c2cccc3nonc23)C1)N1CCN(c2cccc(Cl)c2)CC1. The number of carbonyl (C=O) groups is 1. The minimum absolute atomic E-state index is 0.0157. The second-order valence-corrected chi connectivity index (χ2v) is 10.7. The second-order valence-electron chi connectivity index (χ2n) is 8.38. The molecule has 2 aliphatic rings. The van der Waals surface area contributed by atoms with E-state index in [0.29, 0.717) is 56.1 Å². The molecule has 1 aromatic heterocycles. The van der Waals surface area contributed by atoms with Gasteiger partial charge in [0.15, 0.2) is 5.52 Å². The van der Waals surface area contributed by atoms with Crippen LogP contribution in [0.1, 0.15) is 12.8 Å². The maximum absolute atomic E-state index is 13.3. The molecule has 2 aromatic carbocycles. The maximum atomic E-state index is 13.3. The number of anilines is 1. The van der Waals surface area contributed by atoms with Crippen molar-refractivity contribution in [3.8, 4) is 0 Å². The van der Waals surface area contributed by atoms with Gasteiger partial charge in [0.2, 0.25) is 15.9 Å². The zero-order valence-corrected chi connectivity index (χ0v) is 19.5. The number of carbonyl (C=O) groups excluding carboxylic acids is 1. The molecule has 0 bridgehead atoms. The summed E-state index contributed by atoms with van der Waals surface area (Å²) in [4.78, 5) is 17.4. The van der Waals surface area contributed by atoms with Crippen molar-refractivity contribution in [2.24, 2.45) is 5.92 Å². The average molecular weight is 490 g/mol. The fourth-order valence-electron chi connectivity index (χ4n) is 4.61. The van der Waals surface area contributed by atoms with E-state index in [-0.39, 0.29) is 28.8 Å². The number of hydrogen-bond donors (Lipinski definition) is 0. The number of piperazine rings is 1. The highest BCUT2D eigenvalue weighted by Crippen LogP contribution is 2.29. The topological polar surface area (TPSA) is 99.8 Å². The lowest BCUT2D eigenvalue weighted by Crippen LogP contribution is -2.53. The molecule has 2 aliphatic heterocycles. The van der Waals surface area contributed by atoms with Gasteiger partial charge in [0.1, 0.15) is 10.4 Å². The minimum Gasteiger partial charge on any atom is -0.368 e. The van der Waals surface area contributed by atoms with Crippen molar-refractivity contribution >= 4 is 44.3 Å². The molecule has 0 saturated carbocycles. The van der Waals surface area contributed by atoms with E-state index in [1.807, 2.05) is 29.2 Å². The summed E-state index contributed by atoms with van der Waals surface area (Å²) in [5.74, 6) is -0.345. The third-order valence-electron chi connectivity index (χ3n) is 6.36. The molecule has 9 nitrogen and oxygen atoms in total. The molecule has 0 radical (unpaired) electrons. The Morgan fingerprint density at radius 2 is 1.82 bits per heavy atom. The predicted molar refractivity (Wildman–Crippen MR) is 124 cm³/mol. The Labute approximate surface area is 196 Å². The van der Waals surface area contributed by atoms with Crippen LogP contribution in [-0.2, 0) is 14.8 Å². The fraction of sp³-hybridized carbons (Fsp3) is 0.409. The molecule has 1 atom stereocenters. The molecule has 1 amide bonds. The molecule has 2 fully saturated rings. The van der Waals surface area contributed by atoms with Gasteiger partial charge in [0.25, 0.3) is 0 Å². The summed E-state index contributed by atoms with van der Waals surface area (Å²) in [6.45, 7) is 3.15. The Bertz CT molecular complexity index is 1270. The number of nitrogens with zero attached hydrogens (tertiary/aromatic N) is 5. The molecule has 0 N–H and O–H groups in total. The summed E-state index contributed by atoms with van der Waals surface area (Å²) >= 11 is 6.11. The summed E-state index contributed by atoms with van der Waals surface area (Å²) in [7, 11) is -3.83. The second kappa shape index (κ2) is 8.92. The Morgan fingerprint density at radius 3 is 2.61 bits per heavy atom. The smallest absolute Gasteiger partial charge is 0.245 e. The van der Waals surface area contributed by atoms with E-state index in [0.717, 1.165) is 5.69 Å². The molecule has 33 heavy (non-hydrogen) atoms. The Balaban J connectivity index is 1.26. The summed E-state index contributed by atoms with van der Waals surface area (Å²) in [5.41, 5.74) is 1.64. The van der Waals surface area contributed by atoms with Crippen LogP contribution in [-0.4, -0.2) is 73.1 Å². The van der Waals surface area contributed by atoms with Gasteiger partial charge in [-0.1, -0.05) is 23.7 Å². The highest BCUT2D eigenvalue weighted by molar-refractivity contribution is 7.89. The zero-order chi connectivity index (χ0) is 23.0. The van der Waals surface area contributed by atoms with Crippen molar-refractivity contribution in [1.82, 2.24) is 19.5 Å². The van der Waals surface area contributed by atoms with E-state index in [9.17, 15) is 13.2 Å². The molecule has 3 heterocycles. The van der Waals surface area contributed by atoms with Crippen LogP contribution in [0.4, 0.5) is 5.69 Å². The van der Waals surface area contributed by atoms with E-state index in [1.165, 1.54) is 10.4 Å². The number of sulfonamides is 1. The molecule has 0 spiro atoms. The van der Waals surface area contributed by atoms with Crippen LogP contribution in [0.5, 0.6) is 0 Å². The highest BCUT2D eigenvalue weighted by Gasteiger charge is 2.37. The first-order valence-corrected chi connectivity index (χ1v) is 12.8. The van der Waals surface area contributed by atoms with Gasteiger partial charge in [-0.2, -0.15) is 4.31 Å². The van der Waals surface area contributed by atoms with Gasteiger partial charge in [0.05, 0.1) is 5.92 Å². The van der Waals surface area contributed by atoms with Gasteiger partial charge < -0.3 is 9.80 Å². The van der Waals surface area contributed by atoms with Crippen molar-refractivity contribution in [2.45, 2.75) is 17.7 Å². The molecular weight excluding hydrogens is 466 g/mol. The number of rotatable bonds is 4. The Hall–Kier alpha value is -2.69. The quantitative estimate of drug-likeness (QED) is 0.555. The number of benzene rings is 2. The van der Waals surface area contributed by atoms with E-state index >= 15 is 0 Å². The zero-order valence-electron chi connectivity index (χ0n) is 17.9. The number of piperidine rings is 1. The molecule has 5 rings (SSSR count). The predicted octanol–water partition coefficient (Wildman–Crippen LogP) is 2.63. The van der Waals surface area contributed by atoms with Crippen LogP contribution in [0.25, 0.3) is 11.0 Å². The van der Waals surface area contributed by atoms with Crippen LogP contribution in [0.3, 0.4) is 0 Å². The maximum Gasteiger partial charge on any atom is 0.245 e. The van der Waals surface area contributed by atoms with E-state index in [2.05, 4.69) is 15.2 Å². The van der Waals surface area contributed by atoms with Crippen LogP contribution in [0, 0.1) is 5.92 Å². The standard InChI is InChI=1S/C22H24ClN5O4S/c23-17-5-1-6-18(14-17)26-10-12-27(13-11-26)22(29)16-4-3-9-28(15-16)33(30,31)20-8-2-7-19-21(20)25-32-24-19/h1-2,5-8,14,16H,3-4,9-13,15H2/t16-/m1/s1. The van der Waals surface area contributed by atoms with Gasteiger partial charge in [0, 0.05) is 50.0 Å².